The Morgan fingerprint density at radius 2 is 2.17 bits per heavy atom. The van der Waals surface area contributed by atoms with Crippen LogP contribution in [-0.4, -0.2) is 13.2 Å². The number of methoxy groups -OCH3 is 1. The van der Waals surface area contributed by atoms with Crippen LogP contribution in [0.3, 0.4) is 0 Å². The molecular weight excluding hydrogens is 229 g/mol. The summed E-state index contributed by atoms with van der Waals surface area (Å²) in [5.74, 6) is 1.23. The molecule has 1 fully saturated rings. The number of rotatable bonds is 3. The lowest BCUT2D eigenvalue weighted by atomic mass is 9.76. The average molecular weight is 251 g/mol. The molecule has 1 aromatic carbocycles. The summed E-state index contributed by atoms with van der Waals surface area (Å²) in [6.45, 7) is 2.27. The maximum absolute atomic E-state index is 13.6. The molecule has 100 valence electrons. The summed E-state index contributed by atoms with van der Waals surface area (Å²) < 4.78 is 18.6. The van der Waals surface area contributed by atoms with Crippen LogP contribution >= 0.6 is 0 Å². The molecule has 2 N–H and O–H groups in total. The fraction of sp³-hybridized carbons (Fsp3) is 0.600. The molecule has 0 amide bonds. The normalized spacial score (nSPS) is 28.1. The molecule has 1 aliphatic rings. The molecule has 1 aliphatic carbocycles. The Kier molecular flexibility index (Phi) is 4.23. The highest BCUT2D eigenvalue weighted by atomic mass is 19.1. The lowest BCUT2D eigenvalue weighted by Gasteiger charge is -2.32. The Hall–Kier alpha value is -1.09. The van der Waals surface area contributed by atoms with E-state index in [-0.39, 0.29) is 11.9 Å². The third-order valence-electron chi connectivity index (χ3n) is 4.02. The molecule has 0 aliphatic heterocycles. The molecular formula is C15H22FNO. The van der Waals surface area contributed by atoms with Crippen LogP contribution in [0.4, 0.5) is 4.39 Å². The molecule has 0 spiro atoms. The summed E-state index contributed by atoms with van der Waals surface area (Å²) >= 11 is 0. The molecule has 0 radical (unpaired) electrons. The van der Waals surface area contributed by atoms with Crippen molar-refractivity contribution in [3.05, 3.63) is 29.6 Å². The molecule has 3 atom stereocenters. The second-order valence-electron chi connectivity index (χ2n) is 5.52. The predicted molar refractivity (Wildman–Crippen MR) is 71.1 cm³/mol. The first-order valence-corrected chi connectivity index (χ1v) is 6.68. The topological polar surface area (TPSA) is 35.2 Å². The van der Waals surface area contributed by atoms with Crippen molar-refractivity contribution >= 4 is 0 Å². The molecule has 1 aromatic rings. The third kappa shape index (κ3) is 3.02. The van der Waals surface area contributed by atoms with E-state index >= 15 is 0 Å². The van der Waals surface area contributed by atoms with Crippen molar-refractivity contribution in [3.8, 4) is 5.75 Å². The van der Waals surface area contributed by atoms with Crippen LogP contribution in [-0.2, 0) is 6.42 Å². The Morgan fingerprint density at radius 3 is 2.83 bits per heavy atom. The second-order valence-corrected chi connectivity index (χ2v) is 5.52. The minimum atomic E-state index is -0.285. The Morgan fingerprint density at radius 1 is 1.39 bits per heavy atom. The monoisotopic (exact) mass is 251 g/mol. The van der Waals surface area contributed by atoms with Gasteiger partial charge in [-0.3, -0.25) is 0 Å². The van der Waals surface area contributed by atoms with E-state index < -0.39 is 0 Å². The van der Waals surface area contributed by atoms with Crippen LogP contribution in [0, 0.1) is 17.7 Å². The van der Waals surface area contributed by atoms with Gasteiger partial charge in [-0.25, -0.2) is 4.39 Å². The van der Waals surface area contributed by atoms with Crippen molar-refractivity contribution in [1.82, 2.24) is 0 Å². The van der Waals surface area contributed by atoms with E-state index in [4.69, 9.17) is 10.5 Å². The zero-order valence-corrected chi connectivity index (χ0v) is 11.2. The van der Waals surface area contributed by atoms with Gasteiger partial charge in [-0.15, -0.1) is 0 Å². The zero-order chi connectivity index (χ0) is 13.1. The highest BCUT2D eigenvalue weighted by Crippen LogP contribution is 2.31. The lowest BCUT2D eigenvalue weighted by molar-refractivity contribution is 0.244. The summed E-state index contributed by atoms with van der Waals surface area (Å²) in [7, 11) is 1.48. The van der Waals surface area contributed by atoms with E-state index in [1.54, 1.807) is 12.1 Å². The van der Waals surface area contributed by atoms with Crippen LogP contribution in [0.25, 0.3) is 0 Å². The summed E-state index contributed by atoms with van der Waals surface area (Å²) in [4.78, 5) is 0. The first kappa shape index (κ1) is 13.3. The van der Waals surface area contributed by atoms with Crippen molar-refractivity contribution in [2.75, 3.05) is 7.11 Å². The van der Waals surface area contributed by atoms with Crippen LogP contribution < -0.4 is 10.5 Å². The van der Waals surface area contributed by atoms with Gasteiger partial charge in [0.15, 0.2) is 11.6 Å². The van der Waals surface area contributed by atoms with Crippen molar-refractivity contribution in [3.63, 3.8) is 0 Å². The quantitative estimate of drug-likeness (QED) is 0.895. The van der Waals surface area contributed by atoms with Crippen LogP contribution in [0.2, 0.25) is 0 Å². The van der Waals surface area contributed by atoms with Crippen LogP contribution in [0.5, 0.6) is 5.75 Å². The van der Waals surface area contributed by atoms with Crippen LogP contribution in [0.15, 0.2) is 18.2 Å². The highest BCUT2D eigenvalue weighted by molar-refractivity contribution is 5.29. The first-order chi connectivity index (χ1) is 8.60. The van der Waals surface area contributed by atoms with Crippen molar-refractivity contribution in [1.29, 1.82) is 0 Å². The Bertz CT molecular complexity index is 407. The van der Waals surface area contributed by atoms with Gasteiger partial charge in [0.1, 0.15) is 0 Å². The summed E-state index contributed by atoms with van der Waals surface area (Å²) in [6, 6.07) is 5.47. The van der Waals surface area contributed by atoms with E-state index in [2.05, 4.69) is 6.92 Å². The molecule has 0 bridgehead atoms. The molecule has 0 heterocycles. The van der Waals surface area contributed by atoms with E-state index in [0.29, 0.717) is 11.7 Å². The van der Waals surface area contributed by atoms with Crippen molar-refractivity contribution in [2.45, 2.75) is 38.6 Å². The third-order valence-corrected chi connectivity index (χ3v) is 4.02. The molecule has 0 saturated heterocycles. The van der Waals surface area contributed by atoms with Gasteiger partial charge in [-0.05, 0) is 55.2 Å². The van der Waals surface area contributed by atoms with Crippen LogP contribution in [0.1, 0.15) is 31.7 Å². The van der Waals surface area contributed by atoms with E-state index in [9.17, 15) is 4.39 Å². The largest absolute Gasteiger partial charge is 0.494 e. The minimum absolute atomic E-state index is 0.256. The molecule has 0 aromatic heterocycles. The summed E-state index contributed by atoms with van der Waals surface area (Å²) in [6.07, 6.45) is 4.32. The number of hydrogen-bond donors (Lipinski definition) is 1. The van der Waals surface area contributed by atoms with Gasteiger partial charge in [0.05, 0.1) is 7.11 Å². The maximum Gasteiger partial charge on any atom is 0.165 e. The number of nitrogens with two attached hydrogens (primary N) is 1. The molecule has 2 nitrogen and oxygen atoms in total. The average Bonchev–Trinajstić information content (AvgIpc) is 2.34. The Balaban J connectivity index is 2.06. The Labute approximate surface area is 108 Å². The van der Waals surface area contributed by atoms with Gasteiger partial charge in [-0.2, -0.15) is 0 Å². The van der Waals surface area contributed by atoms with E-state index in [1.165, 1.54) is 13.5 Å². The van der Waals surface area contributed by atoms with Gasteiger partial charge in [0.25, 0.3) is 0 Å². The number of benzene rings is 1. The molecule has 3 unspecified atom stereocenters. The summed E-state index contributed by atoms with van der Waals surface area (Å²) in [5.41, 5.74) is 7.18. The fourth-order valence-corrected chi connectivity index (χ4v) is 2.90. The zero-order valence-electron chi connectivity index (χ0n) is 11.2. The maximum atomic E-state index is 13.6. The minimum Gasteiger partial charge on any atom is -0.494 e. The predicted octanol–water partition coefficient (Wildman–Crippen LogP) is 3.14. The van der Waals surface area contributed by atoms with E-state index in [0.717, 1.165) is 30.7 Å². The second kappa shape index (κ2) is 5.70. The smallest absolute Gasteiger partial charge is 0.165 e. The lowest BCUT2D eigenvalue weighted by Crippen LogP contribution is -2.36. The van der Waals surface area contributed by atoms with Gasteiger partial charge in [0, 0.05) is 6.04 Å². The SMILES string of the molecule is COc1ccc(CC2CC(C)CCC2N)cc1F. The standard InChI is InChI=1S/C15H22FNO/c1-10-3-5-14(17)12(7-10)8-11-4-6-15(18-2)13(16)9-11/h4,6,9-10,12,14H,3,5,7-8,17H2,1-2H3. The van der Waals surface area contributed by atoms with Gasteiger partial charge < -0.3 is 10.5 Å². The van der Waals surface area contributed by atoms with Crippen molar-refractivity contribution in [2.24, 2.45) is 17.6 Å². The molecule has 2 rings (SSSR count). The van der Waals surface area contributed by atoms with Gasteiger partial charge >= 0.3 is 0 Å². The fourth-order valence-electron chi connectivity index (χ4n) is 2.90. The van der Waals surface area contributed by atoms with Gasteiger partial charge in [0.2, 0.25) is 0 Å². The molecule has 1 saturated carbocycles. The number of ether oxygens (including phenoxy) is 1. The summed E-state index contributed by atoms with van der Waals surface area (Å²) in [5, 5.41) is 0. The van der Waals surface area contributed by atoms with E-state index in [1.807, 2.05) is 6.07 Å². The molecule has 18 heavy (non-hydrogen) atoms. The van der Waals surface area contributed by atoms with Gasteiger partial charge in [-0.1, -0.05) is 13.0 Å². The number of hydrogen-bond acceptors (Lipinski definition) is 2. The van der Waals surface area contributed by atoms with Crippen molar-refractivity contribution < 1.29 is 9.13 Å². The molecule has 3 heteroatoms. The highest BCUT2D eigenvalue weighted by Gasteiger charge is 2.26. The number of halogens is 1. The first-order valence-electron chi connectivity index (χ1n) is 6.68.